The van der Waals surface area contributed by atoms with Crippen LogP contribution in [0.4, 0.5) is 0 Å². The van der Waals surface area contributed by atoms with Crippen molar-refractivity contribution < 1.29 is 4.74 Å². The largest absolute Gasteiger partial charge is 0.377 e. The van der Waals surface area contributed by atoms with Gasteiger partial charge in [0.1, 0.15) is 0 Å². The zero-order chi connectivity index (χ0) is 14.1. The van der Waals surface area contributed by atoms with E-state index in [2.05, 4.69) is 55.5 Å². The van der Waals surface area contributed by atoms with Crippen molar-refractivity contribution in [3.8, 4) is 0 Å². The normalized spacial score (nSPS) is 33.4. The van der Waals surface area contributed by atoms with Crippen molar-refractivity contribution in [2.24, 2.45) is 0 Å². The van der Waals surface area contributed by atoms with Gasteiger partial charge in [-0.05, 0) is 51.4 Å². The Morgan fingerprint density at radius 2 is 2.00 bits per heavy atom. The van der Waals surface area contributed by atoms with Crippen molar-refractivity contribution in [2.45, 2.75) is 50.4 Å². The molecule has 0 spiro atoms. The number of nitrogens with one attached hydrogen (secondary N) is 1. The summed E-state index contributed by atoms with van der Waals surface area (Å²) >= 11 is 0. The van der Waals surface area contributed by atoms with E-state index in [9.17, 15) is 0 Å². The summed E-state index contributed by atoms with van der Waals surface area (Å²) in [6.45, 7) is 3.11. The third kappa shape index (κ3) is 2.39. The minimum atomic E-state index is 0.356. The van der Waals surface area contributed by atoms with E-state index in [-0.39, 0.29) is 0 Å². The predicted octanol–water partition coefficient (Wildman–Crippen LogP) is 2.37. The molecule has 1 aromatic carbocycles. The average Bonchev–Trinajstić information content (AvgIpc) is 2.91. The van der Waals surface area contributed by atoms with E-state index in [1.165, 1.54) is 24.0 Å². The lowest BCUT2D eigenvalue weighted by atomic mass is 9.82. The van der Waals surface area contributed by atoms with Gasteiger partial charge in [0.25, 0.3) is 0 Å². The van der Waals surface area contributed by atoms with Crippen LogP contribution in [0.5, 0.6) is 0 Å². The number of likely N-dealkylation sites (N-methyl/N-ethyl adjacent to an activating group) is 2. The summed E-state index contributed by atoms with van der Waals surface area (Å²) in [7, 11) is 4.36. The Kier molecular flexibility index (Phi) is 4.11. The molecule has 1 aliphatic carbocycles. The number of fused-ring (bicyclic) bond motifs is 1. The average molecular weight is 274 g/mol. The molecule has 4 unspecified atom stereocenters. The summed E-state index contributed by atoms with van der Waals surface area (Å²) in [6, 6.07) is 10.4. The zero-order valence-electron chi connectivity index (χ0n) is 12.8. The molecular weight excluding hydrogens is 248 g/mol. The molecule has 1 saturated heterocycles. The van der Waals surface area contributed by atoms with Crippen LogP contribution in [0.3, 0.4) is 0 Å². The van der Waals surface area contributed by atoms with Crippen molar-refractivity contribution in [1.82, 2.24) is 10.2 Å². The Labute approximate surface area is 122 Å². The highest BCUT2D eigenvalue weighted by Gasteiger charge is 2.37. The van der Waals surface area contributed by atoms with E-state index >= 15 is 0 Å². The molecule has 0 saturated carbocycles. The summed E-state index contributed by atoms with van der Waals surface area (Å²) < 4.78 is 5.75. The van der Waals surface area contributed by atoms with Crippen LogP contribution in [-0.4, -0.2) is 43.8 Å². The van der Waals surface area contributed by atoms with E-state index < -0.39 is 0 Å². The van der Waals surface area contributed by atoms with Gasteiger partial charge in [-0.3, -0.25) is 4.90 Å². The maximum Gasteiger partial charge on any atom is 0.0703 e. The highest BCUT2D eigenvalue weighted by molar-refractivity contribution is 5.34. The van der Waals surface area contributed by atoms with E-state index in [0.717, 1.165) is 13.0 Å². The molecule has 110 valence electrons. The maximum absolute atomic E-state index is 5.75. The number of ether oxygens (including phenoxy) is 1. The van der Waals surface area contributed by atoms with Crippen molar-refractivity contribution in [3.05, 3.63) is 35.4 Å². The first-order valence-corrected chi connectivity index (χ1v) is 7.81. The topological polar surface area (TPSA) is 24.5 Å². The highest BCUT2D eigenvalue weighted by atomic mass is 16.5. The molecule has 0 radical (unpaired) electrons. The van der Waals surface area contributed by atoms with Crippen molar-refractivity contribution >= 4 is 0 Å². The lowest BCUT2D eigenvalue weighted by Crippen LogP contribution is -2.50. The van der Waals surface area contributed by atoms with Crippen molar-refractivity contribution in [2.75, 3.05) is 20.7 Å². The monoisotopic (exact) mass is 274 g/mol. The molecule has 0 aromatic heterocycles. The summed E-state index contributed by atoms with van der Waals surface area (Å²) in [6.07, 6.45) is 3.93. The van der Waals surface area contributed by atoms with Crippen LogP contribution >= 0.6 is 0 Å². The van der Waals surface area contributed by atoms with Gasteiger partial charge < -0.3 is 10.1 Å². The molecule has 1 aliphatic heterocycles. The predicted molar refractivity (Wildman–Crippen MR) is 81.9 cm³/mol. The molecule has 3 nitrogen and oxygen atoms in total. The molecule has 1 aromatic rings. The second kappa shape index (κ2) is 5.84. The first-order valence-electron chi connectivity index (χ1n) is 7.81. The molecule has 0 bridgehead atoms. The molecule has 0 amide bonds. The van der Waals surface area contributed by atoms with Crippen LogP contribution in [0.25, 0.3) is 0 Å². The minimum Gasteiger partial charge on any atom is -0.377 e. The SMILES string of the molecule is CNC1c2ccccc2CCC1N(C)C1CCOC1C. The van der Waals surface area contributed by atoms with Gasteiger partial charge >= 0.3 is 0 Å². The number of rotatable bonds is 3. The maximum atomic E-state index is 5.75. The third-order valence-corrected chi connectivity index (χ3v) is 5.18. The fourth-order valence-electron chi connectivity index (χ4n) is 4.03. The molecule has 2 aliphatic rings. The lowest BCUT2D eigenvalue weighted by molar-refractivity contribution is 0.0541. The van der Waals surface area contributed by atoms with Gasteiger partial charge in [-0.15, -0.1) is 0 Å². The number of nitrogens with zero attached hydrogens (tertiary/aromatic N) is 1. The Hall–Kier alpha value is -0.900. The number of hydrogen-bond donors (Lipinski definition) is 1. The number of hydrogen-bond acceptors (Lipinski definition) is 3. The van der Waals surface area contributed by atoms with Gasteiger partial charge in [0, 0.05) is 24.7 Å². The summed E-state index contributed by atoms with van der Waals surface area (Å²) in [4.78, 5) is 2.56. The Morgan fingerprint density at radius 1 is 1.20 bits per heavy atom. The van der Waals surface area contributed by atoms with Crippen molar-refractivity contribution in [3.63, 3.8) is 0 Å². The molecule has 3 heteroatoms. The molecule has 4 atom stereocenters. The van der Waals surface area contributed by atoms with Crippen LogP contribution in [0, 0.1) is 0 Å². The molecule has 20 heavy (non-hydrogen) atoms. The summed E-state index contributed by atoms with van der Waals surface area (Å²) in [5.41, 5.74) is 2.98. The standard InChI is InChI=1S/C17H26N2O/c1-12-15(10-11-20-12)19(3)16-9-8-13-6-4-5-7-14(13)17(16)18-2/h4-7,12,15-18H,8-11H2,1-3H3. The quantitative estimate of drug-likeness (QED) is 0.916. The van der Waals surface area contributed by atoms with Gasteiger partial charge in [0.2, 0.25) is 0 Å². The Morgan fingerprint density at radius 3 is 2.70 bits per heavy atom. The molecule has 1 heterocycles. The van der Waals surface area contributed by atoms with Crippen LogP contribution in [0.1, 0.15) is 36.9 Å². The fourth-order valence-corrected chi connectivity index (χ4v) is 4.03. The second-order valence-corrected chi connectivity index (χ2v) is 6.17. The molecular formula is C17H26N2O. The first-order chi connectivity index (χ1) is 9.72. The second-order valence-electron chi connectivity index (χ2n) is 6.17. The van der Waals surface area contributed by atoms with Gasteiger partial charge in [-0.25, -0.2) is 0 Å². The van der Waals surface area contributed by atoms with Gasteiger partial charge in [0.05, 0.1) is 6.10 Å². The van der Waals surface area contributed by atoms with E-state index in [4.69, 9.17) is 4.74 Å². The summed E-state index contributed by atoms with van der Waals surface area (Å²) in [5, 5.41) is 3.55. The van der Waals surface area contributed by atoms with Gasteiger partial charge in [0.15, 0.2) is 0 Å². The minimum absolute atomic E-state index is 0.356. The number of benzene rings is 1. The van der Waals surface area contributed by atoms with E-state index in [0.29, 0.717) is 24.2 Å². The number of aryl methyl sites for hydroxylation is 1. The fraction of sp³-hybridized carbons (Fsp3) is 0.647. The lowest BCUT2D eigenvalue weighted by Gasteiger charge is -2.42. The third-order valence-electron chi connectivity index (χ3n) is 5.18. The summed E-state index contributed by atoms with van der Waals surface area (Å²) in [5.74, 6) is 0. The van der Waals surface area contributed by atoms with Crippen molar-refractivity contribution in [1.29, 1.82) is 0 Å². The molecule has 1 N–H and O–H groups in total. The van der Waals surface area contributed by atoms with E-state index in [1.54, 1.807) is 0 Å². The van der Waals surface area contributed by atoms with Crippen LogP contribution in [0.2, 0.25) is 0 Å². The van der Waals surface area contributed by atoms with Crippen LogP contribution in [-0.2, 0) is 11.2 Å². The molecule has 1 fully saturated rings. The van der Waals surface area contributed by atoms with Crippen LogP contribution < -0.4 is 5.32 Å². The molecule has 3 rings (SSSR count). The van der Waals surface area contributed by atoms with Gasteiger partial charge in [-0.2, -0.15) is 0 Å². The smallest absolute Gasteiger partial charge is 0.0703 e. The van der Waals surface area contributed by atoms with Gasteiger partial charge in [-0.1, -0.05) is 24.3 Å². The highest BCUT2D eigenvalue weighted by Crippen LogP contribution is 2.34. The Bertz CT molecular complexity index is 462. The Balaban J connectivity index is 1.83. The van der Waals surface area contributed by atoms with E-state index in [1.807, 2.05) is 0 Å². The zero-order valence-corrected chi connectivity index (χ0v) is 12.8. The first kappa shape index (κ1) is 14.1. The van der Waals surface area contributed by atoms with Crippen LogP contribution in [0.15, 0.2) is 24.3 Å².